The molecule has 0 amide bonds. The van der Waals surface area contributed by atoms with Gasteiger partial charge in [0, 0.05) is 18.2 Å². The summed E-state index contributed by atoms with van der Waals surface area (Å²) < 4.78 is 0. The van der Waals surface area contributed by atoms with Gasteiger partial charge in [-0.25, -0.2) is 4.98 Å². The van der Waals surface area contributed by atoms with Crippen molar-refractivity contribution in [1.82, 2.24) is 19.8 Å². The van der Waals surface area contributed by atoms with Crippen LogP contribution in [0.3, 0.4) is 0 Å². The molecule has 3 heterocycles. The van der Waals surface area contributed by atoms with Crippen LogP contribution in [0.25, 0.3) is 0 Å². The molecular weight excluding hydrogens is 312 g/mol. The number of aromatic nitrogens is 2. The zero-order valence-electron chi connectivity index (χ0n) is 16.3. The van der Waals surface area contributed by atoms with Crippen molar-refractivity contribution in [3.8, 4) is 0 Å². The van der Waals surface area contributed by atoms with Crippen molar-refractivity contribution in [3.63, 3.8) is 0 Å². The van der Waals surface area contributed by atoms with Crippen molar-refractivity contribution in [2.45, 2.75) is 57.5 Å². The van der Waals surface area contributed by atoms with Gasteiger partial charge in [0.1, 0.15) is 5.82 Å². The maximum absolute atomic E-state index is 4.78. The largest absolute Gasteiger partial charge is 0.367 e. The molecule has 6 heteroatoms. The van der Waals surface area contributed by atoms with E-state index in [9.17, 15) is 0 Å². The third-order valence-electron chi connectivity index (χ3n) is 5.46. The summed E-state index contributed by atoms with van der Waals surface area (Å²) in [7, 11) is 4.39. The predicted molar refractivity (Wildman–Crippen MR) is 104 cm³/mol. The first kappa shape index (κ1) is 18.4. The van der Waals surface area contributed by atoms with Crippen LogP contribution in [0.4, 0.5) is 11.8 Å². The monoisotopic (exact) mass is 346 g/mol. The fourth-order valence-corrected chi connectivity index (χ4v) is 3.60. The van der Waals surface area contributed by atoms with E-state index < -0.39 is 0 Å². The van der Waals surface area contributed by atoms with Gasteiger partial charge in [0.2, 0.25) is 5.95 Å². The SMILES string of the molecule is CC(C)c1cc(NC2CCN(C)CC2)nc(NC2CCN(C)CC2)n1. The van der Waals surface area contributed by atoms with Crippen molar-refractivity contribution in [2.75, 3.05) is 50.9 Å². The average molecular weight is 347 g/mol. The Morgan fingerprint density at radius 2 is 1.40 bits per heavy atom. The lowest BCUT2D eigenvalue weighted by molar-refractivity contribution is 0.263. The summed E-state index contributed by atoms with van der Waals surface area (Å²) in [6, 6.07) is 3.13. The number of anilines is 2. The van der Waals surface area contributed by atoms with Crippen LogP contribution in [0.5, 0.6) is 0 Å². The second-order valence-corrected chi connectivity index (χ2v) is 8.10. The molecular formula is C19H34N6. The van der Waals surface area contributed by atoms with Crippen molar-refractivity contribution >= 4 is 11.8 Å². The summed E-state index contributed by atoms with van der Waals surface area (Å²) in [5.74, 6) is 2.17. The van der Waals surface area contributed by atoms with E-state index in [0.29, 0.717) is 18.0 Å². The summed E-state index contributed by atoms with van der Waals surface area (Å²) in [6.07, 6.45) is 4.66. The fraction of sp³-hybridized carbons (Fsp3) is 0.789. The molecule has 6 nitrogen and oxygen atoms in total. The molecule has 2 N–H and O–H groups in total. The van der Waals surface area contributed by atoms with Gasteiger partial charge >= 0.3 is 0 Å². The number of rotatable bonds is 5. The van der Waals surface area contributed by atoms with Crippen LogP contribution in [0.15, 0.2) is 6.07 Å². The Labute approximate surface area is 152 Å². The summed E-state index contributed by atoms with van der Waals surface area (Å²) in [5, 5.41) is 7.24. The van der Waals surface area contributed by atoms with E-state index in [1.54, 1.807) is 0 Å². The standard InChI is InChI=1S/C19H34N6/c1-14(2)17-13-18(20-15-5-9-24(3)10-6-15)23-19(22-17)21-16-7-11-25(4)12-8-16/h13-16H,5-12H2,1-4H3,(H2,20,21,22,23). The van der Waals surface area contributed by atoms with Crippen LogP contribution < -0.4 is 10.6 Å². The summed E-state index contributed by atoms with van der Waals surface area (Å²) in [5.41, 5.74) is 1.11. The molecule has 3 rings (SSSR count). The number of likely N-dealkylation sites (tertiary alicyclic amines) is 2. The van der Waals surface area contributed by atoms with Crippen LogP contribution in [-0.2, 0) is 0 Å². The van der Waals surface area contributed by atoms with Crippen molar-refractivity contribution in [3.05, 3.63) is 11.8 Å². The Morgan fingerprint density at radius 3 is 1.92 bits per heavy atom. The van der Waals surface area contributed by atoms with Gasteiger partial charge in [0.05, 0.1) is 5.69 Å². The molecule has 140 valence electrons. The smallest absolute Gasteiger partial charge is 0.225 e. The molecule has 0 unspecified atom stereocenters. The Hall–Kier alpha value is -1.40. The van der Waals surface area contributed by atoms with Crippen molar-refractivity contribution in [2.24, 2.45) is 0 Å². The summed E-state index contributed by atoms with van der Waals surface area (Å²) in [4.78, 5) is 14.3. The number of nitrogens with zero attached hydrogens (tertiary/aromatic N) is 4. The number of hydrogen-bond acceptors (Lipinski definition) is 6. The minimum absolute atomic E-state index is 0.402. The summed E-state index contributed by atoms with van der Waals surface area (Å²) >= 11 is 0. The second kappa shape index (κ2) is 8.32. The van der Waals surface area contributed by atoms with Crippen LogP contribution >= 0.6 is 0 Å². The average Bonchev–Trinajstić information content (AvgIpc) is 2.59. The topological polar surface area (TPSA) is 56.3 Å². The molecule has 0 spiro atoms. The van der Waals surface area contributed by atoms with E-state index >= 15 is 0 Å². The van der Waals surface area contributed by atoms with E-state index in [1.807, 2.05) is 0 Å². The zero-order chi connectivity index (χ0) is 17.8. The summed E-state index contributed by atoms with van der Waals surface area (Å²) in [6.45, 7) is 8.98. The first-order valence-corrected chi connectivity index (χ1v) is 9.78. The quantitative estimate of drug-likeness (QED) is 0.855. The van der Waals surface area contributed by atoms with E-state index in [-0.39, 0.29) is 0 Å². The highest BCUT2D eigenvalue weighted by molar-refractivity contribution is 5.44. The first-order valence-electron chi connectivity index (χ1n) is 9.78. The van der Waals surface area contributed by atoms with Crippen molar-refractivity contribution in [1.29, 1.82) is 0 Å². The van der Waals surface area contributed by atoms with Gasteiger partial charge in [0.25, 0.3) is 0 Å². The molecule has 0 saturated carbocycles. The molecule has 1 aromatic heterocycles. The molecule has 0 atom stereocenters. The lowest BCUT2D eigenvalue weighted by atomic mass is 10.1. The molecule has 0 radical (unpaired) electrons. The van der Waals surface area contributed by atoms with Gasteiger partial charge < -0.3 is 20.4 Å². The van der Waals surface area contributed by atoms with Crippen LogP contribution in [-0.4, -0.2) is 72.1 Å². The Balaban J connectivity index is 1.68. The van der Waals surface area contributed by atoms with E-state index in [0.717, 1.165) is 56.5 Å². The predicted octanol–water partition coefficient (Wildman–Crippen LogP) is 2.61. The van der Waals surface area contributed by atoms with Gasteiger partial charge in [-0.15, -0.1) is 0 Å². The van der Waals surface area contributed by atoms with E-state index in [4.69, 9.17) is 9.97 Å². The molecule has 1 aromatic rings. The minimum atomic E-state index is 0.402. The van der Waals surface area contributed by atoms with Gasteiger partial charge in [-0.05, 0) is 71.9 Å². The second-order valence-electron chi connectivity index (χ2n) is 8.10. The highest BCUT2D eigenvalue weighted by atomic mass is 15.2. The number of piperidine rings is 2. The minimum Gasteiger partial charge on any atom is -0.367 e. The maximum Gasteiger partial charge on any atom is 0.225 e. The van der Waals surface area contributed by atoms with Gasteiger partial charge in [0.15, 0.2) is 0 Å². The highest BCUT2D eigenvalue weighted by Gasteiger charge is 2.20. The Kier molecular flexibility index (Phi) is 6.12. The third-order valence-corrected chi connectivity index (χ3v) is 5.46. The van der Waals surface area contributed by atoms with Crippen LogP contribution in [0.2, 0.25) is 0 Å². The van der Waals surface area contributed by atoms with E-state index in [1.165, 1.54) is 12.8 Å². The van der Waals surface area contributed by atoms with Crippen molar-refractivity contribution < 1.29 is 0 Å². The molecule has 0 bridgehead atoms. The molecule has 0 aromatic carbocycles. The third kappa shape index (κ3) is 5.28. The highest BCUT2D eigenvalue weighted by Crippen LogP contribution is 2.22. The zero-order valence-corrected chi connectivity index (χ0v) is 16.3. The van der Waals surface area contributed by atoms with Crippen LogP contribution in [0.1, 0.15) is 51.1 Å². The van der Waals surface area contributed by atoms with Gasteiger partial charge in [-0.2, -0.15) is 4.98 Å². The lowest BCUT2D eigenvalue weighted by Crippen LogP contribution is -2.37. The molecule has 2 aliphatic rings. The molecule has 2 aliphatic heterocycles. The number of hydrogen-bond donors (Lipinski definition) is 2. The van der Waals surface area contributed by atoms with E-state index in [2.05, 4.69) is 54.4 Å². The normalized spacial score (nSPS) is 21.6. The molecule has 0 aliphatic carbocycles. The van der Waals surface area contributed by atoms with Gasteiger partial charge in [-0.3, -0.25) is 0 Å². The first-order chi connectivity index (χ1) is 12.0. The number of nitrogens with one attached hydrogen (secondary N) is 2. The van der Waals surface area contributed by atoms with Crippen LogP contribution in [0, 0.1) is 0 Å². The molecule has 25 heavy (non-hydrogen) atoms. The molecule has 2 fully saturated rings. The Morgan fingerprint density at radius 1 is 0.880 bits per heavy atom. The lowest BCUT2D eigenvalue weighted by Gasteiger charge is -2.31. The molecule has 2 saturated heterocycles. The maximum atomic E-state index is 4.78. The fourth-order valence-electron chi connectivity index (χ4n) is 3.60. The van der Waals surface area contributed by atoms with Gasteiger partial charge in [-0.1, -0.05) is 13.8 Å². The Bertz CT molecular complexity index is 503.